The summed E-state index contributed by atoms with van der Waals surface area (Å²) in [4.78, 5) is 2.21. The number of allylic oxidation sites excluding steroid dienone is 1. The molecule has 0 atom stereocenters. The highest BCUT2D eigenvalue weighted by Gasteiger charge is 2.26. The molecule has 2 heteroatoms. The van der Waals surface area contributed by atoms with Gasteiger partial charge < -0.3 is 9.64 Å². The SMILES string of the molecule is CCOC/C=C(/C1CC1)N(C)C. The van der Waals surface area contributed by atoms with Crippen LogP contribution in [0.1, 0.15) is 19.8 Å². The molecule has 0 heterocycles. The molecule has 0 amide bonds. The molecule has 0 bridgehead atoms. The van der Waals surface area contributed by atoms with Gasteiger partial charge in [-0.3, -0.25) is 0 Å². The third-order valence-corrected chi connectivity index (χ3v) is 2.13. The van der Waals surface area contributed by atoms with Crippen molar-refractivity contribution < 1.29 is 4.74 Å². The van der Waals surface area contributed by atoms with E-state index in [1.807, 2.05) is 6.92 Å². The fourth-order valence-corrected chi connectivity index (χ4v) is 1.36. The van der Waals surface area contributed by atoms with Crippen LogP contribution in [0.25, 0.3) is 0 Å². The fourth-order valence-electron chi connectivity index (χ4n) is 1.36. The van der Waals surface area contributed by atoms with Crippen LogP contribution in [0.5, 0.6) is 0 Å². The lowest BCUT2D eigenvalue weighted by Gasteiger charge is -2.16. The lowest BCUT2D eigenvalue weighted by Crippen LogP contribution is -2.13. The van der Waals surface area contributed by atoms with Crippen LogP contribution in [0.3, 0.4) is 0 Å². The van der Waals surface area contributed by atoms with Gasteiger partial charge in [0.15, 0.2) is 0 Å². The Hall–Kier alpha value is -0.500. The topological polar surface area (TPSA) is 12.5 Å². The van der Waals surface area contributed by atoms with Crippen LogP contribution < -0.4 is 0 Å². The van der Waals surface area contributed by atoms with Gasteiger partial charge in [0.25, 0.3) is 0 Å². The lowest BCUT2D eigenvalue weighted by molar-refractivity contribution is 0.175. The van der Waals surface area contributed by atoms with E-state index in [1.165, 1.54) is 18.5 Å². The smallest absolute Gasteiger partial charge is 0.0666 e. The van der Waals surface area contributed by atoms with Crippen LogP contribution in [-0.4, -0.2) is 32.2 Å². The second kappa shape index (κ2) is 4.51. The van der Waals surface area contributed by atoms with Crippen molar-refractivity contribution in [3.63, 3.8) is 0 Å². The Balaban J connectivity index is 2.35. The summed E-state index contributed by atoms with van der Waals surface area (Å²) in [5.41, 5.74) is 1.45. The zero-order valence-corrected chi connectivity index (χ0v) is 8.34. The van der Waals surface area contributed by atoms with Crippen molar-refractivity contribution >= 4 is 0 Å². The molecule has 1 aliphatic rings. The summed E-state index contributed by atoms with van der Waals surface area (Å²) in [5, 5.41) is 0. The van der Waals surface area contributed by atoms with Gasteiger partial charge in [-0.25, -0.2) is 0 Å². The van der Waals surface area contributed by atoms with Gasteiger partial charge in [0.1, 0.15) is 0 Å². The van der Waals surface area contributed by atoms with Crippen molar-refractivity contribution in [3.8, 4) is 0 Å². The van der Waals surface area contributed by atoms with E-state index in [0.29, 0.717) is 0 Å². The van der Waals surface area contributed by atoms with Crippen molar-refractivity contribution in [2.75, 3.05) is 27.3 Å². The van der Waals surface area contributed by atoms with E-state index in [0.717, 1.165) is 19.1 Å². The summed E-state index contributed by atoms with van der Waals surface area (Å²) >= 11 is 0. The van der Waals surface area contributed by atoms with Gasteiger partial charge in [-0.2, -0.15) is 0 Å². The quantitative estimate of drug-likeness (QED) is 0.583. The zero-order chi connectivity index (χ0) is 8.97. The average Bonchev–Trinajstić information content (AvgIpc) is 2.80. The third kappa shape index (κ3) is 2.86. The summed E-state index contributed by atoms with van der Waals surface area (Å²) in [6, 6.07) is 0. The molecule has 0 unspecified atom stereocenters. The Morgan fingerprint density at radius 2 is 2.17 bits per heavy atom. The molecule has 0 aromatic carbocycles. The molecule has 0 radical (unpaired) electrons. The van der Waals surface area contributed by atoms with Crippen LogP contribution in [-0.2, 0) is 4.74 Å². The highest BCUT2D eigenvalue weighted by molar-refractivity contribution is 5.10. The summed E-state index contributed by atoms with van der Waals surface area (Å²) in [6.45, 7) is 3.60. The molecule has 0 spiro atoms. The molecule has 2 nitrogen and oxygen atoms in total. The van der Waals surface area contributed by atoms with Crippen molar-refractivity contribution in [2.45, 2.75) is 19.8 Å². The molecular weight excluding hydrogens is 150 g/mol. The van der Waals surface area contributed by atoms with E-state index < -0.39 is 0 Å². The lowest BCUT2D eigenvalue weighted by atomic mass is 10.2. The predicted octanol–water partition coefficient (Wildman–Crippen LogP) is 1.88. The summed E-state index contributed by atoms with van der Waals surface area (Å²) in [7, 11) is 4.21. The van der Waals surface area contributed by atoms with Crippen molar-refractivity contribution in [1.82, 2.24) is 4.90 Å². The first-order chi connectivity index (χ1) is 5.75. The fraction of sp³-hybridized carbons (Fsp3) is 0.800. The van der Waals surface area contributed by atoms with Crippen LogP contribution in [0, 0.1) is 5.92 Å². The Labute approximate surface area is 75.2 Å². The Morgan fingerprint density at radius 1 is 1.50 bits per heavy atom. The molecule has 1 fully saturated rings. The number of rotatable bonds is 5. The van der Waals surface area contributed by atoms with E-state index in [2.05, 4.69) is 25.1 Å². The first-order valence-electron chi connectivity index (χ1n) is 4.70. The van der Waals surface area contributed by atoms with E-state index in [4.69, 9.17) is 4.74 Å². The zero-order valence-electron chi connectivity index (χ0n) is 8.34. The minimum Gasteiger partial charge on any atom is -0.381 e. The van der Waals surface area contributed by atoms with Gasteiger partial charge in [-0.05, 0) is 31.8 Å². The number of hydrogen-bond acceptors (Lipinski definition) is 2. The van der Waals surface area contributed by atoms with Gasteiger partial charge in [0.2, 0.25) is 0 Å². The highest BCUT2D eigenvalue weighted by atomic mass is 16.5. The van der Waals surface area contributed by atoms with Crippen LogP contribution >= 0.6 is 0 Å². The van der Waals surface area contributed by atoms with Crippen molar-refractivity contribution in [3.05, 3.63) is 11.8 Å². The standard InChI is InChI=1S/C10H19NO/c1-4-12-8-7-10(11(2)3)9-5-6-9/h7,9H,4-6,8H2,1-3H3/b10-7-. The van der Waals surface area contributed by atoms with Gasteiger partial charge in [0, 0.05) is 26.4 Å². The maximum Gasteiger partial charge on any atom is 0.0666 e. The molecule has 0 aromatic heterocycles. The van der Waals surface area contributed by atoms with E-state index in [-0.39, 0.29) is 0 Å². The molecule has 0 N–H and O–H groups in total. The summed E-state index contributed by atoms with van der Waals surface area (Å²) < 4.78 is 5.29. The predicted molar refractivity (Wildman–Crippen MR) is 51.0 cm³/mol. The van der Waals surface area contributed by atoms with Gasteiger partial charge in [-0.15, -0.1) is 0 Å². The first-order valence-corrected chi connectivity index (χ1v) is 4.70. The number of hydrogen-bond donors (Lipinski definition) is 0. The number of ether oxygens (including phenoxy) is 1. The molecule has 0 aliphatic heterocycles. The molecule has 0 aromatic rings. The molecular formula is C10H19NO. The van der Waals surface area contributed by atoms with E-state index in [9.17, 15) is 0 Å². The number of nitrogens with zero attached hydrogens (tertiary/aromatic N) is 1. The molecule has 1 aliphatic carbocycles. The minimum atomic E-state index is 0.764. The summed E-state index contributed by atoms with van der Waals surface area (Å²) in [5.74, 6) is 0.820. The maximum absolute atomic E-state index is 5.29. The van der Waals surface area contributed by atoms with Gasteiger partial charge >= 0.3 is 0 Å². The molecule has 0 saturated heterocycles. The van der Waals surface area contributed by atoms with E-state index in [1.54, 1.807) is 0 Å². The van der Waals surface area contributed by atoms with Crippen molar-refractivity contribution in [2.24, 2.45) is 5.92 Å². The van der Waals surface area contributed by atoms with Crippen LogP contribution in [0.2, 0.25) is 0 Å². The second-order valence-electron chi connectivity index (χ2n) is 3.46. The Morgan fingerprint density at radius 3 is 2.58 bits per heavy atom. The van der Waals surface area contributed by atoms with Crippen LogP contribution in [0.15, 0.2) is 11.8 Å². The maximum atomic E-state index is 5.29. The summed E-state index contributed by atoms with van der Waals surface area (Å²) in [6.07, 6.45) is 4.92. The highest BCUT2D eigenvalue weighted by Crippen LogP contribution is 2.37. The second-order valence-corrected chi connectivity index (χ2v) is 3.46. The molecule has 1 saturated carbocycles. The Bertz CT molecular complexity index is 155. The normalized spacial score (nSPS) is 18.1. The van der Waals surface area contributed by atoms with Crippen molar-refractivity contribution in [1.29, 1.82) is 0 Å². The van der Waals surface area contributed by atoms with Gasteiger partial charge in [-0.1, -0.05) is 0 Å². The average molecular weight is 169 g/mol. The first kappa shape index (κ1) is 9.59. The third-order valence-electron chi connectivity index (χ3n) is 2.13. The minimum absolute atomic E-state index is 0.764. The van der Waals surface area contributed by atoms with Gasteiger partial charge in [0.05, 0.1) is 6.61 Å². The largest absolute Gasteiger partial charge is 0.381 e. The van der Waals surface area contributed by atoms with E-state index >= 15 is 0 Å². The Kier molecular flexibility index (Phi) is 3.60. The molecule has 70 valence electrons. The van der Waals surface area contributed by atoms with Crippen LogP contribution in [0.4, 0.5) is 0 Å². The molecule has 1 rings (SSSR count). The monoisotopic (exact) mass is 169 g/mol. The molecule has 12 heavy (non-hydrogen) atoms.